The number of hydrogen-bond acceptors (Lipinski definition) is 6. The normalized spacial score (nSPS) is 14.9. The Kier molecular flexibility index (Phi) is 7.12. The van der Waals surface area contributed by atoms with Crippen molar-refractivity contribution >= 4 is 39.9 Å². The number of nitrogens with one attached hydrogen (secondary N) is 1. The summed E-state index contributed by atoms with van der Waals surface area (Å²) in [6.07, 6.45) is 2.86. The summed E-state index contributed by atoms with van der Waals surface area (Å²) in [6, 6.07) is 15.4. The van der Waals surface area contributed by atoms with Gasteiger partial charge in [0.15, 0.2) is 11.5 Å². The summed E-state index contributed by atoms with van der Waals surface area (Å²) in [5.74, 6) is -0.0527. The smallest absolute Gasteiger partial charge is 0.331 e. The quantitative estimate of drug-likeness (QED) is 0.339. The maximum Gasteiger partial charge on any atom is 0.331 e. The minimum Gasteiger partial charge on any atom is -0.490 e. The van der Waals surface area contributed by atoms with Crippen LogP contribution in [0.2, 0.25) is 0 Å². The number of carbonyl (C=O) groups is 3. The molecule has 0 bridgehead atoms. The molecule has 1 N–H and O–H groups in total. The molecule has 2 heterocycles. The third kappa shape index (κ3) is 5.37. The highest BCUT2D eigenvalue weighted by molar-refractivity contribution is 9.10. The molecule has 174 valence electrons. The van der Waals surface area contributed by atoms with Gasteiger partial charge in [-0.3, -0.25) is 19.8 Å². The van der Waals surface area contributed by atoms with Crippen LogP contribution in [0, 0.1) is 0 Å². The van der Waals surface area contributed by atoms with Crippen LogP contribution in [0.5, 0.6) is 11.5 Å². The van der Waals surface area contributed by atoms with Crippen molar-refractivity contribution in [3.8, 4) is 11.5 Å². The van der Waals surface area contributed by atoms with Gasteiger partial charge < -0.3 is 13.9 Å². The molecular formula is C25H21BrN2O6. The number of amides is 4. The zero-order valence-corrected chi connectivity index (χ0v) is 19.8. The maximum absolute atomic E-state index is 12.9. The predicted octanol–water partition coefficient (Wildman–Crippen LogP) is 4.68. The van der Waals surface area contributed by atoms with Crippen molar-refractivity contribution in [2.24, 2.45) is 0 Å². The van der Waals surface area contributed by atoms with E-state index in [2.05, 4.69) is 21.2 Å². The first kappa shape index (κ1) is 23.3. The molecule has 1 aliphatic rings. The van der Waals surface area contributed by atoms with E-state index in [1.54, 1.807) is 30.3 Å². The zero-order chi connectivity index (χ0) is 24.1. The number of urea groups is 1. The molecule has 1 aliphatic heterocycles. The molecule has 0 saturated carbocycles. The van der Waals surface area contributed by atoms with Gasteiger partial charge >= 0.3 is 6.03 Å². The first-order valence-electron chi connectivity index (χ1n) is 10.5. The van der Waals surface area contributed by atoms with Crippen LogP contribution < -0.4 is 14.8 Å². The fourth-order valence-corrected chi connectivity index (χ4v) is 3.57. The molecule has 0 atom stereocenters. The van der Waals surface area contributed by atoms with E-state index in [0.29, 0.717) is 36.0 Å². The maximum atomic E-state index is 12.9. The lowest BCUT2D eigenvalue weighted by Gasteiger charge is -2.25. The summed E-state index contributed by atoms with van der Waals surface area (Å²) in [7, 11) is 0. The van der Waals surface area contributed by atoms with E-state index in [1.165, 1.54) is 12.3 Å². The lowest BCUT2D eigenvalue weighted by Crippen LogP contribution is -2.53. The number of nitrogens with zero attached hydrogens (tertiary/aromatic N) is 1. The van der Waals surface area contributed by atoms with Crippen LogP contribution in [0.15, 0.2) is 75.3 Å². The van der Waals surface area contributed by atoms with Gasteiger partial charge in [-0.1, -0.05) is 34.1 Å². The number of carbonyl (C=O) groups excluding carboxylic acids is 3. The number of ether oxygens (including phenoxy) is 2. The summed E-state index contributed by atoms with van der Waals surface area (Å²) in [5, 5.41) is 2.19. The minimum atomic E-state index is -0.796. The van der Waals surface area contributed by atoms with E-state index in [0.717, 1.165) is 14.9 Å². The molecular weight excluding hydrogens is 504 g/mol. The van der Waals surface area contributed by atoms with Gasteiger partial charge in [0.25, 0.3) is 11.8 Å². The molecule has 34 heavy (non-hydrogen) atoms. The number of rotatable bonds is 8. The van der Waals surface area contributed by atoms with Crippen LogP contribution in [0.25, 0.3) is 6.08 Å². The average molecular weight is 525 g/mol. The van der Waals surface area contributed by atoms with Gasteiger partial charge in [0, 0.05) is 4.47 Å². The van der Waals surface area contributed by atoms with Crippen molar-refractivity contribution in [2.45, 2.75) is 20.1 Å². The second kappa shape index (κ2) is 10.4. The Bertz CT molecular complexity index is 1230. The molecule has 1 saturated heterocycles. The van der Waals surface area contributed by atoms with Gasteiger partial charge in [0.2, 0.25) is 0 Å². The lowest BCUT2D eigenvalue weighted by molar-refractivity contribution is -0.130. The van der Waals surface area contributed by atoms with E-state index in [-0.39, 0.29) is 12.1 Å². The number of halogens is 1. The van der Waals surface area contributed by atoms with Crippen molar-refractivity contribution in [1.82, 2.24) is 10.2 Å². The molecule has 1 aromatic heterocycles. The highest BCUT2D eigenvalue weighted by Crippen LogP contribution is 2.31. The number of barbiturate groups is 1. The summed E-state index contributed by atoms with van der Waals surface area (Å²) in [5.41, 5.74) is 1.37. The van der Waals surface area contributed by atoms with Gasteiger partial charge in [-0.05, 0) is 60.5 Å². The molecule has 0 unspecified atom stereocenters. The summed E-state index contributed by atoms with van der Waals surface area (Å²) in [4.78, 5) is 38.4. The second-order valence-electron chi connectivity index (χ2n) is 7.34. The number of hydrogen-bond donors (Lipinski definition) is 1. The topological polar surface area (TPSA) is 98.1 Å². The standard InChI is InChI=1S/C25H21BrN2O6/c1-2-32-22-13-17(7-10-21(22)34-15-16-5-8-18(26)9-6-16)12-20-23(29)27-25(31)28(24(20)30)14-19-4-3-11-33-19/h3-13H,2,14-15H2,1H3,(H,27,29,31)/b20-12+. The summed E-state index contributed by atoms with van der Waals surface area (Å²) in [6.45, 7) is 2.51. The molecule has 1 fully saturated rings. The highest BCUT2D eigenvalue weighted by Gasteiger charge is 2.36. The van der Waals surface area contributed by atoms with E-state index in [4.69, 9.17) is 13.9 Å². The third-order valence-corrected chi connectivity index (χ3v) is 5.49. The Balaban J connectivity index is 1.56. The van der Waals surface area contributed by atoms with Gasteiger partial charge in [0.1, 0.15) is 17.9 Å². The number of imide groups is 2. The van der Waals surface area contributed by atoms with Crippen molar-refractivity contribution in [2.75, 3.05) is 6.61 Å². The van der Waals surface area contributed by atoms with Gasteiger partial charge in [-0.25, -0.2) is 4.79 Å². The Morgan fingerprint density at radius 2 is 1.82 bits per heavy atom. The Hall–Kier alpha value is -3.85. The number of furan rings is 1. The first-order chi connectivity index (χ1) is 16.4. The summed E-state index contributed by atoms with van der Waals surface area (Å²) < 4.78 is 17.8. The van der Waals surface area contributed by atoms with Crippen LogP contribution in [-0.4, -0.2) is 29.4 Å². The highest BCUT2D eigenvalue weighted by atomic mass is 79.9. The van der Waals surface area contributed by atoms with E-state index >= 15 is 0 Å². The van der Waals surface area contributed by atoms with E-state index < -0.39 is 17.8 Å². The van der Waals surface area contributed by atoms with Crippen molar-refractivity contribution < 1.29 is 28.3 Å². The second-order valence-corrected chi connectivity index (χ2v) is 8.26. The van der Waals surface area contributed by atoms with E-state index in [1.807, 2.05) is 31.2 Å². The van der Waals surface area contributed by atoms with Crippen LogP contribution >= 0.6 is 15.9 Å². The molecule has 2 aromatic carbocycles. The fourth-order valence-electron chi connectivity index (χ4n) is 3.31. The SMILES string of the molecule is CCOc1cc(/C=C2\C(=O)NC(=O)N(Cc3ccco3)C2=O)ccc1OCc1ccc(Br)cc1. The lowest BCUT2D eigenvalue weighted by atomic mass is 10.1. The van der Waals surface area contributed by atoms with Gasteiger partial charge in [-0.2, -0.15) is 0 Å². The monoisotopic (exact) mass is 524 g/mol. The molecule has 0 aliphatic carbocycles. The molecule has 4 amide bonds. The largest absolute Gasteiger partial charge is 0.490 e. The van der Waals surface area contributed by atoms with Gasteiger partial charge in [0.05, 0.1) is 19.4 Å². The molecule has 9 heteroatoms. The third-order valence-electron chi connectivity index (χ3n) is 4.97. The van der Waals surface area contributed by atoms with E-state index in [9.17, 15) is 14.4 Å². The molecule has 4 rings (SSSR count). The first-order valence-corrected chi connectivity index (χ1v) is 11.3. The molecule has 8 nitrogen and oxygen atoms in total. The molecule has 0 radical (unpaired) electrons. The Labute approximate surface area is 204 Å². The van der Waals surface area contributed by atoms with Crippen LogP contribution in [-0.2, 0) is 22.7 Å². The van der Waals surface area contributed by atoms with Crippen LogP contribution in [0.1, 0.15) is 23.8 Å². The number of benzene rings is 2. The molecule has 0 spiro atoms. The van der Waals surface area contributed by atoms with Crippen LogP contribution in [0.4, 0.5) is 4.79 Å². The minimum absolute atomic E-state index is 0.0880. The summed E-state index contributed by atoms with van der Waals surface area (Å²) >= 11 is 3.41. The zero-order valence-electron chi connectivity index (χ0n) is 18.2. The van der Waals surface area contributed by atoms with Gasteiger partial charge in [-0.15, -0.1) is 0 Å². The average Bonchev–Trinajstić information content (AvgIpc) is 3.33. The van der Waals surface area contributed by atoms with Crippen molar-refractivity contribution in [3.63, 3.8) is 0 Å². The Morgan fingerprint density at radius 1 is 1.03 bits per heavy atom. The van der Waals surface area contributed by atoms with Crippen molar-refractivity contribution in [1.29, 1.82) is 0 Å². The predicted molar refractivity (Wildman–Crippen MR) is 127 cm³/mol. The fraction of sp³-hybridized carbons (Fsp3) is 0.160. The molecule has 3 aromatic rings. The van der Waals surface area contributed by atoms with Crippen LogP contribution in [0.3, 0.4) is 0 Å². The Morgan fingerprint density at radius 3 is 2.53 bits per heavy atom. The van der Waals surface area contributed by atoms with Crippen molar-refractivity contribution in [3.05, 3.63) is 87.8 Å².